The molecule has 0 aliphatic heterocycles. The Bertz CT molecular complexity index is 1080. The van der Waals surface area contributed by atoms with Crippen LogP contribution in [0, 0.1) is 0 Å². The van der Waals surface area contributed by atoms with Gasteiger partial charge in [-0.25, -0.2) is 9.78 Å². The molecule has 3 rings (SSSR count). The molecule has 0 atom stereocenters. The predicted molar refractivity (Wildman–Crippen MR) is 97.1 cm³/mol. The number of benzene rings is 1. The van der Waals surface area contributed by atoms with Crippen LogP contribution in [0.4, 0.5) is 0 Å². The molecule has 0 amide bonds. The number of nitrogens with zero attached hydrogens (tertiary/aromatic N) is 4. The van der Waals surface area contributed by atoms with Crippen LogP contribution in [0.1, 0.15) is 5.56 Å². The molecule has 0 spiro atoms. The molecule has 0 radical (unpaired) electrons. The Morgan fingerprint density at radius 1 is 1.28 bits per heavy atom. The number of hydrogen-bond donors (Lipinski definition) is 2. The number of halogens is 1. The van der Waals surface area contributed by atoms with E-state index in [1.54, 1.807) is 31.3 Å². The molecule has 8 nitrogen and oxygen atoms in total. The highest BCUT2D eigenvalue weighted by Crippen LogP contribution is 2.19. The van der Waals surface area contributed by atoms with Gasteiger partial charge in [0, 0.05) is 30.4 Å². The van der Waals surface area contributed by atoms with Crippen molar-refractivity contribution in [3.8, 4) is 0 Å². The van der Waals surface area contributed by atoms with E-state index in [4.69, 9.17) is 11.6 Å². The molecule has 0 bridgehead atoms. The summed E-state index contributed by atoms with van der Waals surface area (Å²) in [4.78, 5) is 31.3. The van der Waals surface area contributed by atoms with E-state index >= 15 is 0 Å². The molecule has 0 unspecified atom stereocenters. The summed E-state index contributed by atoms with van der Waals surface area (Å²) in [5.74, 6) is 0.312. The van der Waals surface area contributed by atoms with E-state index < -0.39 is 11.2 Å². The lowest BCUT2D eigenvalue weighted by atomic mass is 10.1. The minimum Gasteiger partial charge on any atom is -0.411 e. The molecule has 0 aliphatic rings. The first-order valence-corrected chi connectivity index (χ1v) is 8.54. The lowest BCUT2D eigenvalue weighted by Crippen LogP contribution is -2.36. The molecule has 2 N–H and O–H groups in total. The summed E-state index contributed by atoms with van der Waals surface area (Å²) in [6.45, 7) is 0. The number of aryl methyl sites for hydroxylation is 1. The van der Waals surface area contributed by atoms with E-state index in [1.807, 2.05) is 0 Å². The summed E-state index contributed by atoms with van der Waals surface area (Å²) in [6, 6.07) is 6.90. The first kappa shape index (κ1) is 17.3. The highest BCUT2D eigenvalue weighted by Gasteiger charge is 2.14. The molecule has 2 heterocycles. The van der Waals surface area contributed by atoms with E-state index in [0.29, 0.717) is 21.6 Å². The Balaban J connectivity index is 1.90. The quantitative estimate of drug-likeness (QED) is 0.310. The Hall–Kier alpha value is -2.52. The van der Waals surface area contributed by atoms with Gasteiger partial charge in [-0.1, -0.05) is 40.7 Å². The zero-order valence-corrected chi connectivity index (χ0v) is 14.9. The Morgan fingerprint density at radius 2 is 1.96 bits per heavy atom. The smallest absolute Gasteiger partial charge is 0.332 e. The van der Waals surface area contributed by atoms with Crippen LogP contribution in [0.2, 0.25) is 5.02 Å². The number of hydrogen-bond acceptors (Lipinski definition) is 6. The zero-order chi connectivity index (χ0) is 18.1. The molecule has 0 saturated carbocycles. The average molecular weight is 380 g/mol. The van der Waals surface area contributed by atoms with Gasteiger partial charge in [-0.3, -0.25) is 13.9 Å². The number of imidazole rings is 1. The molecular formula is C15H14ClN5O3S. The topological polar surface area (TPSA) is 105 Å². The van der Waals surface area contributed by atoms with Gasteiger partial charge in [-0.15, -0.1) is 0 Å². The normalized spacial score (nSPS) is 12.0. The average Bonchev–Trinajstić information content (AvgIpc) is 3.04. The maximum Gasteiger partial charge on any atom is 0.332 e. The van der Waals surface area contributed by atoms with Gasteiger partial charge in [0.15, 0.2) is 16.3 Å². The fourth-order valence-corrected chi connectivity index (χ4v) is 3.27. The molecule has 0 fully saturated rings. The second-order valence-electron chi connectivity index (χ2n) is 5.29. The van der Waals surface area contributed by atoms with Crippen molar-refractivity contribution < 1.29 is 5.21 Å². The van der Waals surface area contributed by atoms with Crippen molar-refractivity contribution in [2.24, 2.45) is 19.3 Å². The summed E-state index contributed by atoms with van der Waals surface area (Å²) in [6.07, 6.45) is 0. The van der Waals surface area contributed by atoms with Crippen molar-refractivity contribution >= 4 is 40.2 Å². The monoisotopic (exact) mass is 379 g/mol. The first-order valence-electron chi connectivity index (χ1n) is 7.17. The van der Waals surface area contributed by atoms with Crippen LogP contribution in [0.3, 0.4) is 0 Å². The van der Waals surface area contributed by atoms with E-state index in [2.05, 4.69) is 15.1 Å². The molecule has 3 aromatic rings. The molecule has 1 aromatic carbocycles. The van der Waals surface area contributed by atoms with Crippen molar-refractivity contribution in [2.45, 2.75) is 5.16 Å². The summed E-state index contributed by atoms with van der Waals surface area (Å²) in [5, 5.41) is 13.6. The lowest BCUT2D eigenvalue weighted by molar-refractivity contribution is 0.319. The fourth-order valence-electron chi connectivity index (χ4n) is 2.32. The number of rotatable bonds is 4. The Kier molecular flexibility index (Phi) is 4.69. The van der Waals surface area contributed by atoms with Crippen LogP contribution in [0.15, 0.2) is 44.2 Å². The van der Waals surface area contributed by atoms with Gasteiger partial charge >= 0.3 is 5.69 Å². The number of thioether (sulfide) groups is 1. The first-order chi connectivity index (χ1) is 11.9. The molecule has 25 heavy (non-hydrogen) atoms. The van der Waals surface area contributed by atoms with Gasteiger partial charge in [0.25, 0.3) is 5.56 Å². The number of nitrogens with one attached hydrogen (secondary N) is 1. The fraction of sp³-hybridized carbons (Fsp3) is 0.200. The molecular weight excluding hydrogens is 366 g/mol. The summed E-state index contributed by atoms with van der Waals surface area (Å²) >= 11 is 7.10. The van der Waals surface area contributed by atoms with Crippen LogP contribution in [0.5, 0.6) is 0 Å². The van der Waals surface area contributed by atoms with Gasteiger partial charge < -0.3 is 10.2 Å². The third-order valence-corrected chi connectivity index (χ3v) is 4.85. The standard InChI is InChI=1S/C15H14ClN5O3S/c1-20-12-11(13(22)21(2)15(20)23)17-14(18-12)25-7-10(19-24)8-3-5-9(16)6-4-8/h3-6,24H,7H2,1-2H3,(H,17,18)/b19-10-. The molecule has 130 valence electrons. The van der Waals surface area contributed by atoms with Gasteiger partial charge in [-0.05, 0) is 12.1 Å². The van der Waals surface area contributed by atoms with Gasteiger partial charge in [0.1, 0.15) is 0 Å². The summed E-state index contributed by atoms with van der Waals surface area (Å²) < 4.78 is 2.32. The van der Waals surface area contributed by atoms with Crippen LogP contribution in [-0.4, -0.2) is 35.8 Å². The van der Waals surface area contributed by atoms with Crippen LogP contribution in [0.25, 0.3) is 11.2 Å². The van der Waals surface area contributed by atoms with Crippen molar-refractivity contribution in [3.05, 3.63) is 55.7 Å². The van der Waals surface area contributed by atoms with Crippen molar-refractivity contribution in [1.82, 2.24) is 19.1 Å². The van der Waals surface area contributed by atoms with Crippen molar-refractivity contribution in [2.75, 3.05) is 5.75 Å². The maximum atomic E-state index is 12.2. The number of aromatic nitrogens is 4. The number of aromatic amines is 1. The Morgan fingerprint density at radius 3 is 2.60 bits per heavy atom. The van der Waals surface area contributed by atoms with E-state index in [1.165, 1.54) is 23.4 Å². The van der Waals surface area contributed by atoms with Gasteiger partial charge in [-0.2, -0.15) is 0 Å². The highest BCUT2D eigenvalue weighted by atomic mass is 35.5. The van der Waals surface area contributed by atoms with Crippen molar-refractivity contribution in [3.63, 3.8) is 0 Å². The van der Waals surface area contributed by atoms with E-state index in [9.17, 15) is 14.8 Å². The van der Waals surface area contributed by atoms with Crippen LogP contribution < -0.4 is 11.2 Å². The minimum absolute atomic E-state index is 0.251. The van der Waals surface area contributed by atoms with Gasteiger partial charge in [0.05, 0.1) is 5.71 Å². The third-order valence-electron chi connectivity index (χ3n) is 3.72. The van der Waals surface area contributed by atoms with Crippen molar-refractivity contribution in [1.29, 1.82) is 0 Å². The number of fused-ring (bicyclic) bond motifs is 1. The zero-order valence-electron chi connectivity index (χ0n) is 13.4. The number of H-pyrrole nitrogens is 1. The SMILES string of the molecule is Cn1c(=O)c2[nH]c(SC/C(=N/O)c3ccc(Cl)cc3)nc2n(C)c1=O. The molecule has 10 heteroatoms. The van der Waals surface area contributed by atoms with Gasteiger partial charge in [0.2, 0.25) is 0 Å². The van der Waals surface area contributed by atoms with Crippen LogP contribution >= 0.6 is 23.4 Å². The lowest BCUT2D eigenvalue weighted by Gasteiger charge is -2.03. The summed E-state index contributed by atoms with van der Waals surface area (Å²) in [5.41, 5.74) is 0.805. The summed E-state index contributed by atoms with van der Waals surface area (Å²) in [7, 11) is 2.96. The third kappa shape index (κ3) is 3.20. The molecule has 2 aromatic heterocycles. The highest BCUT2D eigenvalue weighted by molar-refractivity contribution is 7.99. The van der Waals surface area contributed by atoms with Crippen LogP contribution in [-0.2, 0) is 14.1 Å². The molecule has 0 saturated heterocycles. The second-order valence-corrected chi connectivity index (χ2v) is 6.69. The minimum atomic E-state index is -0.445. The maximum absolute atomic E-state index is 12.2. The van der Waals surface area contributed by atoms with E-state index in [-0.39, 0.29) is 11.2 Å². The Labute approximate surface area is 150 Å². The molecule has 0 aliphatic carbocycles. The predicted octanol–water partition coefficient (Wildman–Crippen LogP) is 1.58. The van der Waals surface area contributed by atoms with E-state index in [0.717, 1.165) is 10.1 Å². The second kappa shape index (κ2) is 6.77. The largest absolute Gasteiger partial charge is 0.411 e. The number of oxime groups is 1.